The predicted octanol–water partition coefficient (Wildman–Crippen LogP) is 2.36. The lowest BCUT2D eigenvalue weighted by molar-refractivity contribution is -0.162. The van der Waals surface area contributed by atoms with Crippen LogP contribution in [0.25, 0.3) is 10.2 Å². The summed E-state index contributed by atoms with van der Waals surface area (Å²) in [6.45, 7) is 2.73. The van der Waals surface area contributed by atoms with Crippen LogP contribution in [0.1, 0.15) is 23.6 Å². The Bertz CT molecular complexity index is 560. The molecule has 0 saturated carbocycles. The molecule has 0 amide bonds. The highest BCUT2D eigenvalue weighted by molar-refractivity contribution is 7.20. The summed E-state index contributed by atoms with van der Waals surface area (Å²) in [5.74, 6) is -1.09. The lowest BCUT2D eigenvalue weighted by Crippen LogP contribution is -2.20. The number of rotatable bonds is 3. The minimum Gasteiger partial charge on any atom is -0.426 e. The molecule has 6 heteroatoms. The van der Waals surface area contributed by atoms with Crippen molar-refractivity contribution in [2.45, 2.75) is 20.1 Å². The first-order chi connectivity index (χ1) is 8.56. The van der Waals surface area contributed by atoms with E-state index in [1.54, 1.807) is 0 Å². The maximum absolute atomic E-state index is 11.7. The van der Waals surface area contributed by atoms with Crippen molar-refractivity contribution >= 4 is 33.5 Å². The number of thiazole rings is 1. The first-order valence-electron chi connectivity index (χ1n) is 5.30. The van der Waals surface area contributed by atoms with Crippen molar-refractivity contribution in [3.05, 3.63) is 29.3 Å². The number of hydrogen-bond donors (Lipinski definition) is 0. The minimum absolute atomic E-state index is 0.246. The van der Waals surface area contributed by atoms with Crippen LogP contribution in [0.15, 0.2) is 24.3 Å². The van der Waals surface area contributed by atoms with Crippen LogP contribution in [-0.2, 0) is 14.3 Å². The predicted molar refractivity (Wildman–Crippen MR) is 66.3 cm³/mol. The Hall–Kier alpha value is -1.95. The van der Waals surface area contributed by atoms with Crippen LogP contribution in [0.4, 0.5) is 0 Å². The second-order valence-corrected chi connectivity index (χ2v) is 4.60. The average Bonchev–Trinajstić information content (AvgIpc) is 2.71. The number of esters is 2. The molecule has 0 aliphatic rings. The van der Waals surface area contributed by atoms with Gasteiger partial charge in [-0.1, -0.05) is 12.1 Å². The van der Waals surface area contributed by atoms with Gasteiger partial charge in [-0.2, -0.15) is 0 Å². The lowest BCUT2D eigenvalue weighted by Gasteiger charge is -2.11. The van der Waals surface area contributed by atoms with Crippen molar-refractivity contribution in [1.29, 1.82) is 0 Å². The molecule has 0 bridgehead atoms. The summed E-state index contributed by atoms with van der Waals surface area (Å²) < 4.78 is 10.6. The normalized spacial score (nSPS) is 12.1. The number of benzene rings is 1. The molecule has 94 valence electrons. The van der Waals surface area contributed by atoms with Gasteiger partial charge >= 0.3 is 11.9 Å². The van der Waals surface area contributed by atoms with Gasteiger partial charge in [0.05, 0.1) is 10.2 Å². The van der Waals surface area contributed by atoms with E-state index in [1.165, 1.54) is 25.2 Å². The van der Waals surface area contributed by atoms with Crippen molar-refractivity contribution in [1.82, 2.24) is 4.98 Å². The van der Waals surface area contributed by atoms with E-state index in [1.807, 2.05) is 24.3 Å². The van der Waals surface area contributed by atoms with E-state index < -0.39 is 18.2 Å². The quantitative estimate of drug-likeness (QED) is 0.629. The molecule has 0 spiro atoms. The van der Waals surface area contributed by atoms with Crippen LogP contribution in [0, 0.1) is 0 Å². The Balaban J connectivity index is 2.11. The number of nitrogens with zero attached hydrogens (tertiary/aromatic N) is 1. The second-order valence-electron chi connectivity index (χ2n) is 3.57. The van der Waals surface area contributed by atoms with Crippen LogP contribution in [-0.4, -0.2) is 23.2 Å². The monoisotopic (exact) mass is 265 g/mol. The van der Waals surface area contributed by atoms with Crippen molar-refractivity contribution in [3.63, 3.8) is 0 Å². The fourth-order valence-electron chi connectivity index (χ4n) is 1.42. The Morgan fingerprint density at radius 1 is 1.28 bits per heavy atom. The smallest absolute Gasteiger partial charge is 0.370 e. The zero-order chi connectivity index (χ0) is 13.1. The van der Waals surface area contributed by atoms with E-state index in [-0.39, 0.29) is 5.01 Å². The number of aromatic nitrogens is 1. The Labute approximate surface area is 107 Å². The number of carbonyl (C=O) groups is 2. The third-order valence-corrected chi connectivity index (χ3v) is 3.09. The molecule has 0 N–H and O–H groups in total. The Kier molecular flexibility index (Phi) is 3.57. The first-order valence-corrected chi connectivity index (χ1v) is 6.11. The maximum Gasteiger partial charge on any atom is 0.370 e. The van der Waals surface area contributed by atoms with Crippen LogP contribution >= 0.6 is 11.3 Å². The van der Waals surface area contributed by atoms with Gasteiger partial charge in [0.15, 0.2) is 0 Å². The number of carbonyl (C=O) groups excluding carboxylic acids is 2. The summed E-state index contributed by atoms with van der Waals surface area (Å²) in [5.41, 5.74) is 0.745. The molecular weight excluding hydrogens is 254 g/mol. The molecular formula is C12H11NO4S. The first kappa shape index (κ1) is 12.5. The Morgan fingerprint density at radius 3 is 2.67 bits per heavy atom. The third-order valence-electron chi connectivity index (χ3n) is 2.07. The molecule has 0 aliphatic heterocycles. The van der Waals surface area contributed by atoms with Gasteiger partial charge in [-0.15, -0.1) is 11.3 Å². The summed E-state index contributed by atoms with van der Waals surface area (Å²) in [7, 11) is 0. The van der Waals surface area contributed by atoms with E-state index in [4.69, 9.17) is 9.47 Å². The molecule has 2 aromatic rings. The van der Waals surface area contributed by atoms with Gasteiger partial charge in [-0.05, 0) is 12.1 Å². The highest BCUT2D eigenvalue weighted by atomic mass is 32.1. The standard InChI is InChI=1S/C12H11NO4S/c1-7(14)16-8(2)17-12(15)11-13-9-5-3-4-6-10(9)18-11/h3-6,8H,1-2H3. The summed E-state index contributed by atoms with van der Waals surface area (Å²) in [6.07, 6.45) is -0.915. The van der Waals surface area contributed by atoms with E-state index in [0.29, 0.717) is 0 Å². The molecule has 5 nitrogen and oxygen atoms in total. The van der Waals surface area contributed by atoms with Gasteiger partial charge in [0.2, 0.25) is 11.3 Å². The highest BCUT2D eigenvalue weighted by Gasteiger charge is 2.17. The summed E-state index contributed by atoms with van der Waals surface area (Å²) in [6, 6.07) is 7.41. The number of fused-ring (bicyclic) bond motifs is 1. The molecule has 1 aromatic carbocycles. The van der Waals surface area contributed by atoms with Crippen LogP contribution in [0.3, 0.4) is 0 Å². The number of hydrogen-bond acceptors (Lipinski definition) is 6. The van der Waals surface area contributed by atoms with Crippen molar-refractivity contribution in [2.75, 3.05) is 0 Å². The second kappa shape index (κ2) is 5.14. The molecule has 2 rings (SSSR count). The molecule has 0 saturated heterocycles. The maximum atomic E-state index is 11.7. The van der Waals surface area contributed by atoms with E-state index in [0.717, 1.165) is 10.2 Å². The fourth-order valence-corrected chi connectivity index (χ4v) is 2.27. The lowest BCUT2D eigenvalue weighted by atomic mass is 10.3. The number of para-hydroxylation sites is 1. The minimum atomic E-state index is -0.915. The van der Waals surface area contributed by atoms with Gasteiger partial charge < -0.3 is 9.47 Å². The summed E-state index contributed by atoms with van der Waals surface area (Å²) in [5, 5.41) is 0.246. The fraction of sp³-hybridized carbons (Fsp3) is 0.250. The highest BCUT2D eigenvalue weighted by Crippen LogP contribution is 2.22. The molecule has 0 fully saturated rings. The van der Waals surface area contributed by atoms with E-state index in [9.17, 15) is 9.59 Å². The summed E-state index contributed by atoms with van der Waals surface area (Å²) >= 11 is 1.24. The zero-order valence-corrected chi connectivity index (χ0v) is 10.7. The van der Waals surface area contributed by atoms with Gasteiger partial charge in [-0.3, -0.25) is 4.79 Å². The van der Waals surface area contributed by atoms with Crippen LogP contribution < -0.4 is 0 Å². The molecule has 1 atom stereocenters. The third kappa shape index (κ3) is 2.84. The Morgan fingerprint density at radius 2 is 2.00 bits per heavy atom. The zero-order valence-electron chi connectivity index (χ0n) is 9.88. The van der Waals surface area contributed by atoms with Gasteiger partial charge in [0.25, 0.3) is 0 Å². The van der Waals surface area contributed by atoms with Gasteiger partial charge in [0, 0.05) is 13.8 Å². The van der Waals surface area contributed by atoms with Crippen LogP contribution in [0.5, 0.6) is 0 Å². The summed E-state index contributed by atoms with van der Waals surface area (Å²) in [4.78, 5) is 26.6. The van der Waals surface area contributed by atoms with E-state index in [2.05, 4.69) is 4.98 Å². The average molecular weight is 265 g/mol. The molecule has 1 heterocycles. The SMILES string of the molecule is CC(=O)OC(C)OC(=O)c1nc2ccccc2s1. The number of ether oxygens (including phenoxy) is 2. The molecule has 0 radical (unpaired) electrons. The molecule has 1 aromatic heterocycles. The van der Waals surface area contributed by atoms with Crippen molar-refractivity contribution < 1.29 is 19.1 Å². The van der Waals surface area contributed by atoms with Gasteiger partial charge in [-0.25, -0.2) is 9.78 Å². The topological polar surface area (TPSA) is 65.5 Å². The molecule has 18 heavy (non-hydrogen) atoms. The van der Waals surface area contributed by atoms with Crippen LogP contribution in [0.2, 0.25) is 0 Å². The van der Waals surface area contributed by atoms with Gasteiger partial charge in [0.1, 0.15) is 0 Å². The van der Waals surface area contributed by atoms with E-state index >= 15 is 0 Å². The molecule has 0 aliphatic carbocycles. The molecule has 1 unspecified atom stereocenters. The van der Waals surface area contributed by atoms with Crippen molar-refractivity contribution in [2.24, 2.45) is 0 Å². The largest absolute Gasteiger partial charge is 0.426 e. The van der Waals surface area contributed by atoms with Crippen molar-refractivity contribution in [3.8, 4) is 0 Å².